The van der Waals surface area contributed by atoms with Crippen LogP contribution in [0.2, 0.25) is 5.02 Å². The number of oxazole rings is 1. The van der Waals surface area contributed by atoms with Crippen molar-refractivity contribution >= 4 is 11.6 Å². The smallest absolute Gasteiger partial charge is 0.251 e. The van der Waals surface area contributed by atoms with Crippen LogP contribution in [-0.2, 0) is 6.54 Å². The summed E-state index contributed by atoms with van der Waals surface area (Å²) in [7, 11) is 0. The van der Waals surface area contributed by atoms with Gasteiger partial charge in [0.05, 0.1) is 18.8 Å². The fourth-order valence-electron chi connectivity index (χ4n) is 1.91. The Morgan fingerprint density at radius 2 is 2.00 bits per heavy atom. The minimum Gasteiger partial charge on any atom is -0.444 e. The van der Waals surface area contributed by atoms with Crippen molar-refractivity contribution in [2.45, 2.75) is 13.0 Å². The lowest BCUT2D eigenvalue weighted by atomic mass is 10.2. The van der Waals surface area contributed by atoms with E-state index in [1.165, 1.54) is 11.2 Å². The Bertz CT molecular complexity index is 560. The molecule has 0 fully saturated rings. The summed E-state index contributed by atoms with van der Waals surface area (Å²) < 4.78 is 30.2. The molecule has 0 unspecified atom stereocenters. The second-order valence-electron chi connectivity index (χ2n) is 4.50. The van der Waals surface area contributed by atoms with E-state index in [4.69, 9.17) is 21.1 Å². The molecule has 0 saturated heterocycles. The standard InChI is InChI=1S/C14H15ClF2N2O2/c15-11-3-1-10(2-4-11)14-18-12(9-21-14)7-19(5-6-20)8-13(16)17/h1-4,9,13,20H,5-8H2. The van der Waals surface area contributed by atoms with Crippen LogP contribution in [0.15, 0.2) is 34.9 Å². The lowest BCUT2D eigenvalue weighted by Gasteiger charge is -2.18. The molecule has 114 valence electrons. The van der Waals surface area contributed by atoms with E-state index < -0.39 is 13.0 Å². The normalized spacial score (nSPS) is 11.5. The minimum absolute atomic E-state index is 0.160. The number of aromatic nitrogens is 1. The van der Waals surface area contributed by atoms with Crippen LogP contribution >= 0.6 is 11.6 Å². The molecule has 0 radical (unpaired) electrons. The summed E-state index contributed by atoms with van der Waals surface area (Å²) in [4.78, 5) is 5.69. The molecule has 0 atom stereocenters. The fourth-order valence-corrected chi connectivity index (χ4v) is 2.03. The van der Waals surface area contributed by atoms with E-state index in [-0.39, 0.29) is 19.7 Å². The SMILES string of the molecule is OCCN(Cc1coc(-c2ccc(Cl)cc2)n1)CC(F)F. The van der Waals surface area contributed by atoms with Gasteiger partial charge >= 0.3 is 0 Å². The zero-order valence-electron chi connectivity index (χ0n) is 11.2. The number of hydrogen-bond donors (Lipinski definition) is 1. The molecular weight excluding hydrogens is 302 g/mol. The van der Waals surface area contributed by atoms with E-state index in [0.29, 0.717) is 16.6 Å². The number of aliphatic hydroxyl groups is 1. The maximum atomic E-state index is 12.4. The van der Waals surface area contributed by atoms with Crippen LogP contribution in [0, 0.1) is 0 Å². The third kappa shape index (κ3) is 4.77. The molecule has 0 aliphatic carbocycles. The number of alkyl halides is 2. The molecule has 0 bridgehead atoms. The average Bonchev–Trinajstić information content (AvgIpc) is 2.87. The lowest BCUT2D eigenvalue weighted by molar-refractivity contribution is 0.0740. The summed E-state index contributed by atoms with van der Waals surface area (Å²) in [5.74, 6) is 0.405. The predicted octanol–water partition coefficient (Wildman–Crippen LogP) is 3.05. The van der Waals surface area contributed by atoms with Crippen LogP contribution in [-0.4, -0.2) is 41.1 Å². The van der Waals surface area contributed by atoms with Crippen molar-refractivity contribution in [3.05, 3.63) is 41.2 Å². The van der Waals surface area contributed by atoms with Gasteiger partial charge in [-0.05, 0) is 24.3 Å². The first-order chi connectivity index (χ1) is 10.1. The van der Waals surface area contributed by atoms with Gasteiger partial charge in [0, 0.05) is 23.7 Å². The second kappa shape index (κ2) is 7.49. The highest BCUT2D eigenvalue weighted by Gasteiger charge is 2.15. The monoisotopic (exact) mass is 316 g/mol. The summed E-state index contributed by atoms with van der Waals surface area (Å²) in [5, 5.41) is 9.50. The number of nitrogens with zero attached hydrogens (tertiary/aromatic N) is 2. The van der Waals surface area contributed by atoms with Crippen molar-refractivity contribution in [1.29, 1.82) is 0 Å². The Morgan fingerprint density at radius 1 is 1.29 bits per heavy atom. The van der Waals surface area contributed by atoms with Crippen molar-refractivity contribution in [2.75, 3.05) is 19.7 Å². The quantitative estimate of drug-likeness (QED) is 0.853. The first kappa shape index (κ1) is 15.9. The van der Waals surface area contributed by atoms with Crippen molar-refractivity contribution in [1.82, 2.24) is 9.88 Å². The first-order valence-corrected chi connectivity index (χ1v) is 6.78. The van der Waals surface area contributed by atoms with Crippen LogP contribution in [0.25, 0.3) is 11.5 Å². The molecule has 1 heterocycles. The molecule has 0 saturated carbocycles. The molecule has 1 aromatic heterocycles. The fraction of sp³-hybridized carbons (Fsp3) is 0.357. The zero-order valence-corrected chi connectivity index (χ0v) is 11.9. The molecule has 1 aromatic carbocycles. The number of halogens is 3. The summed E-state index contributed by atoms with van der Waals surface area (Å²) in [5.41, 5.74) is 1.29. The van der Waals surface area contributed by atoms with E-state index in [2.05, 4.69) is 4.98 Å². The van der Waals surface area contributed by atoms with Gasteiger partial charge in [0.2, 0.25) is 5.89 Å². The number of benzene rings is 1. The lowest BCUT2D eigenvalue weighted by Crippen LogP contribution is -2.31. The van der Waals surface area contributed by atoms with Crippen LogP contribution < -0.4 is 0 Å². The molecule has 2 aromatic rings. The largest absolute Gasteiger partial charge is 0.444 e. The third-order valence-electron chi connectivity index (χ3n) is 2.84. The van der Waals surface area contributed by atoms with E-state index in [9.17, 15) is 8.78 Å². The summed E-state index contributed by atoms with van der Waals surface area (Å²) in [6.45, 7) is -0.242. The molecule has 1 N–H and O–H groups in total. The van der Waals surface area contributed by atoms with Gasteiger partial charge in [-0.3, -0.25) is 4.90 Å². The Morgan fingerprint density at radius 3 is 2.62 bits per heavy atom. The molecule has 2 rings (SSSR count). The highest BCUT2D eigenvalue weighted by Crippen LogP contribution is 2.21. The van der Waals surface area contributed by atoms with Gasteiger partial charge in [-0.1, -0.05) is 11.6 Å². The van der Waals surface area contributed by atoms with Crippen molar-refractivity contribution in [3.63, 3.8) is 0 Å². The Kier molecular flexibility index (Phi) is 5.67. The van der Waals surface area contributed by atoms with Gasteiger partial charge in [0.15, 0.2) is 0 Å². The molecule has 7 heteroatoms. The van der Waals surface area contributed by atoms with Gasteiger partial charge in [-0.25, -0.2) is 13.8 Å². The zero-order chi connectivity index (χ0) is 15.2. The topological polar surface area (TPSA) is 49.5 Å². The number of hydrogen-bond acceptors (Lipinski definition) is 4. The molecule has 0 aliphatic rings. The molecular formula is C14H15ClF2N2O2. The highest BCUT2D eigenvalue weighted by molar-refractivity contribution is 6.30. The van der Waals surface area contributed by atoms with Crippen LogP contribution in [0.5, 0.6) is 0 Å². The molecule has 0 aliphatic heterocycles. The van der Waals surface area contributed by atoms with E-state index in [1.807, 2.05) is 0 Å². The second-order valence-corrected chi connectivity index (χ2v) is 4.94. The Hall–Kier alpha value is -1.50. The number of rotatable bonds is 7. The van der Waals surface area contributed by atoms with Gasteiger partial charge in [0.1, 0.15) is 6.26 Å². The van der Waals surface area contributed by atoms with Crippen molar-refractivity contribution in [2.24, 2.45) is 0 Å². The first-order valence-electron chi connectivity index (χ1n) is 6.40. The van der Waals surface area contributed by atoms with Crippen molar-refractivity contribution < 1.29 is 18.3 Å². The Labute approximate surface area is 126 Å². The van der Waals surface area contributed by atoms with E-state index >= 15 is 0 Å². The minimum atomic E-state index is -2.46. The van der Waals surface area contributed by atoms with Crippen LogP contribution in [0.1, 0.15) is 5.69 Å². The third-order valence-corrected chi connectivity index (χ3v) is 3.09. The molecule has 21 heavy (non-hydrogen) atoms. The highest BCUT2D eigenvalue weighted by atomic mass is 35.5. The Balaban J connectivity index is 2.06. The van der Waals surface area contributed by atoms with E-state index in [0.717, 1.165) is 5.56 Å². The van der Waals surface area contributed by atoms with Gasteiger partial charge < -0.3 is 9.52 Å². The van der Waals surface area contributed by atoms with Crippen molar-refractivity contribution in [3.8, 4) is 11.5 Å². The molecule has 4 nitrogen and oxygen atoms in total. The predicted molar refractivity (Wildman–Crippen MR) is 75.3 cm³/mol. The van der Waals surface area contributed by atoms with Gasteiger partial charge in [-0.15, -0.1) is 0 Å². The average molecular weight is 317 g/mol. The molecule has 0 amide bonds. The van der Waals surface area contributed by atoms with E-state index in [1.54, 1.807) is 24.3 Å². The maximum absolute atomic E-state index is 12.4. The summed E-state index contributed by atoms with van der Waals surface area (Å²) in [6, 6.07) is 6.97. The summed E-state index contributed by atoms with van der Waals surface area (Å²) >= 11 is 5.80. The van der Waals surface area contributed by atoms with Crippen LogP contribution in [0.4, 0.5) is 8.78 Å². The van der Waals surface area contributed by atoms with Crippen LogP contribution in [0.3, 0.4) is 0 Å². The molecule has 0 spiro atoms. The van der Waals surface area contributed by atoms with Gasteiger partial charge in [-0.2, -0.15) is 0 Å². The van der Waals surface area contributed by atoms with Gasteiger partial charge in [0.25, 0.3) is 6.43 Å². The summed E-state index contributed by atoms with van der Waals surface area (Å²) in [6.07, 6.45) is -1.03. The number of aliphatic hydroxyl groups excluding tert-OH is 1. The maximum Gasteiger partial charge on any atom is 0.251 e.